The maximum atomic E-state index is 12.4. The van der Waals surface area contributed by atoms with Gasteiger partial charge >= 0.3 is 0 Å². The van der Waals surface area contributed by atoms with Crippen LogP contribution in [-0.4, -0.2) is 71.5 Å². The van der Waals surface area contributed by atoms with E-state index in [0.717, 1.165) is 15.0 Å². The Labute approximate surface area is 185 Å². The number of aromatic nitrogens is 2. The van der Waals surface area contributed by atoms with Crippen LogP contribution in [0, 0.1) is 6.92 Å². The van der Waals surface area contributed by atoms with E-state index in [1.165, 1.54) is 23.1 Å². The van der Waals surface area contributed by atoms with Gasteiger partial charge in [-0.05, 0) is 32.9 Å². The molecule has 0 saturated carbocycles. The van der Waals surface area contributed by atoms with E-state index in [1.54, 1.807) is 0 Å². The molecule has 1 N–H and O–H groups in total. The topological polar surface area (TPSA) is 87.7 Å². The Bertz CT molecular complexity index is 848. The summed E-state index contributed by atoms with van der Waals surface area (Å²) in [6.45, 7) is 8.56. The third-order valence-electron chi connectivity index (χ3n) is 4.46. The molecule has 0 bridgehead atoms. The number of piperazine rings is 1. The number of thioether (sulfide) groups is 1. The average Bonchev–Trinajstić information content (AvgIpc) is 3.20. The summed E-state index contributed by atoms with van der Waals surface area (Å²) in [6.07, 6.45) is 0. The number of aryl methyl sites for hydroxylation is 1. The summed E-state index contributed by atoms with van der Waals surface area (Å²) >= 11 is 2.87. The third-order valence-corrected chi connectivity index (χ3v) is 6.58. The molecule has 1 aliphatic rings. The molecule has 0 aliphatic carbocycles. The highest BCUT2D eigenvalue weighted by Gasteiger charge is 2.23. The molecule has 0 atom stereocenters. The summed E-state index contributed by atoms with van der Waals surface area (Å²) in [5.41, 5.74) is 1.15. The summed E-state index contributed by atoms with van der Waals surface area (Å²) in [7, 11) is 0. The van der Waals surface area contributed by atoms with Gasteiger partial charge in [-0.15, -0.1) is 10.2 Å². The van der Waals surface area contributed by atoms with Crippen molar-refractivity contribution in [2.24, 2.45) is 0 Å². The van der Waals surface area contributed by atoms with Crippen molar-refractivity contribution >= 4 is 40.0 Å². The number of amides is 2. The van der Waals surface area contributed by atoms with E-state index < -0.39 is 0 Å². The van der Waals surface area contributed by atoms with Gasteiger partial charge < -0.3 is 19.9 Å². The highest BCUT2D eigenvalue weighted by atomic mass is 32.2. The van der Waals surface area contributed by atoms with Gasteiger partial charge in [-0.25, -0.2) is 0 Å². The first-order valence-electron chi connectivity index (χ1n) is 9.88. The number of rotatable bonds is 8. The molecule has 2 aromatic rings. The predicted molar refractivity (Wildman–Crippen MR) is 119 cm³/mol. The molecule has 10 heteroatoms. The molecule has 2 amide bonds. The number of nitrogens with zero attached hydrogens (tertiary/aromatic N) is 4. The van der Waals surface area contributed by atoms with E-state index in [0.29, 0.717) is 37.7 Å². The van der Waals surface area contributed by atoms with Gasteiger partial charge in [0, 0.05) is 32.2 Å². The molecule has 30 heavy (non-hydrogen) atoms. The number of hydrogen-bond acceptors (Lipinski definition) is 8. The zero-order valence-corrected chi connectivity index (χ0v) is 19.1. The van der Waals surface area contributed by atoms with Crippen molar-refractivity contribution in [3.63, 3.8) is 0 Å². The van der Waals surface area contributed by atoms with Gasteiger partial charge in [-0.1, -0.05) is 40.8 Å². The minimum absolute atomic E-state index is 0.00765. The van der Waals surface area contributed by atoms with Crippen LogP contribution in [0.1, 0.15) is 19.4 Å². The maximum absolute atomic E-state index is 12.4. The highest BCUT2D eigenvalue weighted by Crippen LogP contribution is 2.28. The van der Waals surface area contributed by atoms with E-state index in [4.69, 9.17) is 4.74 Å². The van der Waals surface area contributed by atoms with Crippen molar-refractivity contribution in [3.8, 4) is 5.75 Å². The van der Waals surface area contributed by atoms with Crippen molar-refractivity contribution in [1.29, 1.82) is 0 Å². The van der Waals surface area contributed by atoms with Crippen molar-refractivity contribution in [3.05, 3.63) is 29.8 Å². The Hall–Kier alpha value is -2.33. The van der Waals surface area contributed by atoms with E-state index >= 15 is 0 Å². The molecule has 1 fully saturated rings. The molecule has 162 valence electrons. The lowest BCUT2D eigenvalue weighted by molar-refractivity contribution is -0.133. The lowest BCUT2D eigenvalue weighted by Gasteiger charge is -2.34. The van der Waals surface area contributed by atoms with Crippen molar-refractivity contribution < 1.29 is 14.3 Å². The number of benzene rings is 1. The molecule has 1 saturated heterocycles. The minimum Gasteiger partial charge on any atom is -0.484 e. The molecule has 1 aromatic heterocycles. The molecule has 0 spiro atoms. The van der Waals surface area contributed by atoms with Crippen LogP contribution in [0.3, 0.4) is 0 Å². The molecule has 0 unspecified atom stereocenters. The predicted octanol–water partition coefficient (Wildman–Crippen LogP) is 2.19. The van der Waals surface area contributed by atoms with Gasteiger partial charge in [0.2, 0.25) is 11.0 Å². The largest absolute Gasteiger partial charge is 0.484 e. The number of ether oxygens (including phenoxy) is 1. The summed E-state index contributed by atoms with van der Waals surface area (Å²) in [5, 5.41) is 12.1. The summed E-state index contributed by atoms with van der Waals surface area (Å²) < 4.78 is 6.37. The summed E-state index contributed by atoms with van der Waals surface area (Å²) in [5.74, 6) is 1.01. The van der Waals surface area contributed by atoms with Crippen LogP contribution < -0.4 is 15.0 Å². The van der Waals surface area contributed by atoms with E-state index in [9.17, 15) is 9.59 Å². The van der Waals surface area contributed by atoms with Crippen LogP contribution in [0.15, 0.2) is 28.6 Å². The lowest BCUT2D eigenvalue weighted by atomic mass is 10.2. The standard InChI is InChI=1S/C20H27N5O3S2/c1-14(2)21-17(26)13-29-20-23-22-19(30-20)25-10-8-24(9-11-25)18(27)12-28-16-6-4-15(3)5-7-16/h4-7,14H,8-13H2,1-3H3,(H,21,26). The summed E-state index contributed by atoms with van der Waals surface area (Å²) in [6, 6.07) is 7.80. The Morgan fingerprint density at radius 2 is 1.87 bits per heavy atom. The average molecular weight is 450 g/mol. The number of carbonyl (C=O) groups is 2. The van der Waals surface area contributed by atoms with Crippen LogP contribution in [0.4, 0.5) is 5.13 Å². The Kier molecular flexibility index (Phi) is 7.92. The molecular weight excluding hydrogens is 422 g/mol. The number of carbonyl (C=O) groups excluding carboxylic acids is 2. The van der Waals surface area contributed by atoms with Crippen LogP contribution >= 0.6 is 23.1 Å². The lowest BCUT2D eigenvalue weighted by Crippen LogP contribution is -2.50. The van der Waals surface area contributed by atoms with Gasteiger partial charge in [0.1, 0.15) is 5.75 Å². The fourth-order valence-electron chi connectivity index (χ4n) is 2.90. The molecule has 1 aliphatic heterocycles. The molecule has 1 aromatic carbocycles. The SMILES string of the molecule is Cc1ccc(OCC(=O)N2CCN(c3nnc(SCC(=O)NC(C)C)s3)CC2)cc1. The quantitative estimate of drug-likeness (QED) is 0.618. The van der Waals surface area contributed by atoms with Crippen LogP contribution in [0.25, 0.3) is 0 Å². The van der Waals surface area contributed by atoms with Gasteiger partial charge in [-0.3, -0.25) is 9.59 Å². The van der Waals surface area contributed by atoms with Gasteiger partial charge in [-0.2, -0.15) is 0 Å². The fraction of sp³-hybridized carbons (Fsp3) is 0.500. The molecule has 3 rings (SSSR count). The van der Waals surface area contributed by atoms with E-state index in [2.05, 4.69) is 20.4 Å². The third kappa shape index (κ3) is 6.60. The summed E-state index contributed by atoms with van der Waals surface area (Å²) in [4.78, 5) is 28.1. The second kappa shape index (κ2) is 10.6. The monoisotopic (exact) mass is 449 g/mol. The Morgan fingerprint density at radius 3 is 2.53 bits per heavy atom. The Morgan fingerprint density at radius 1 is 1.17 bits per heavy atom. The minimum atomic E-state index is -0.0140. The van der Waals surface area contributed by atoms with Gasteiger partial charge in [0.25, 0.3) is 5.91 Å². The normalized spacial score (nSPS) is 14.1. The maximum Gasteiger partial charge on any atom is 0.260 e. The van der Waals surface area contributed by atoms with Crippen molar-refractivity contribution in [2.45, 2.75) is 31.2 Å². The molecule has 2 heterocycles. The molecule has 0 radical (unpaired) electrons. The second-order valence-corrected chi connectivity index (χ2v) is 9.51. The number of anilines is 1. The highest BCUT2D eigenvalue weighted by molar-refractivity contribution is 8.01. The fourth-order valence-corrected chi connectivity index (χ4v) is 4.60. The molecule has 8 nitrogen and oxygen atoms in total. The van der Waals surface area contributed by atoms with Crippen LogP contribution in [0.2, 0.25) is 0 Å². The first-order chi connectivity index (χ1) is 14.4. The smallest absolute Gasteiger partial charge is 0.260 e. The Balaban J connectivity index is 1.41. The van der Waals surface area contributed by atoms with Crippen LogP contribution in [0.5, 0.6) is 5.75 Å². The number of nitrogens with one attached hydrogen (secondary N) is 1. The van der Waals surface area contributed by atoms with Crippen molar-refractivity contribution in [1.82, 2.24) is 20.4 Å². The second-order valence-electron chi connectivity index (χ2n) is 7.33. The first kappa shape index (κ1) is 22.4. The first-order valence-corrected chi connectivity index (χ1v) is 11.7. The van der Waals surface area contributed by atoms with Gasteiger partial charge in [0.05, 0.1) is 5.75 Å². The van der Waals surface area contributed by atoms with Crippen molar-refractivity contribution in [2.75, 3.05) is 43.4 Å². The van der Waals surface area contributed by atoms with E-state index in [1.807, 2.05) is 49.9 Å². The van der Waals surface area contributed by atoms with Crippen LogP contribution in [-0.2, 0) is 9.59 Å². The zero-order chi connectivity index (χ0) is 21.5. The number of hydrogen-bond donors (Lipinski definition) is 1. The van der Waals surface area contributed by atoms with Gasteiger partial charge in [0.15, 0.2) is 10.9 Å². The molecular formula is C20H27N5O3S2. The van der Waals surface area contributed by atoms with E-state index in [-0.39, 0.29) is 24.5 Å². The zero-order valence-electron chi connectivity index (χ0n) is 17.5.